The minimum Gasteiger partial charge on any atom is -0.383 e. The normalized spacial score (nSPS) is 10.8. The quantitative estimate of drug-likeness (QED) is 0.871. The average molecular weight is 275 g/mol. The Kier molecular flexibility index (Phi) is 4.22. The first-order valence-electron chi connectivity index (χ1n) is 6.81. The van der Waals surface area contributed by atoms with E-state index in [1.165, 1.54) is 0 Å². The van der Waals surface area contributed by atoms with E-state index in [0.29, 0.717) is 12.4 Å². The van der Waals surface area contributed by atoms with Gasteiger partial charge in [0.05, 0.1) is 5.69 Å². The predicted molar refractivity (Wildman–Crippen MR) is 78.5 cm³/mol. The van der Waals surface area contributed by atoms with E-state index in [4.69, 9.17) is 10.3 Å². The van der Waals surface area contributed by atoms with Crippen molar-refractivity contribution in [2.24, 2.45) is 0 Å². The molecule has 0 aliphatic carbocycles. The Hall–Kier alpha value is -2.11. The van der Waals surface area contributed by atoms with Gasteiger partial charge in [-0.15, -0.1) is 0 Å². The summed E-state index contributed by atoms with van der Waals surface area (Å²) in [6.45, 7) is 8.46. The van der Waals surface area contributed by atoms with E-state index in [2.05, 4.69) is 27.4 Å². The van der Waals surface area contributed by atoms with E-state index in [9.17, 15) is 0 Å². The molecule has 0 spiro atoms. The lowest BCUT2D eigenvalue weighted by Crippen LogP contribution is -2.10. The van der Waals surface area contributed by atoms with Gasteiger partial charge in [0.15, 0.2) is 0 Å². The molecule has 0 bridgehead atoms. The first-order chi connectivity index (χ1) is 9.52. The molecule has 0 saturated carbocycles. The monoisotopic (exact) mass is 275 g/mol. The molecule has 0 radical (unpaired) electrons. The highest BCUT2D eigenvalue weighted by atomic mass is 16.5. The Morgan fingerprint density at radius 1 is 1.20 bits per heavy atom. The van der Waals surface area contributed by atoms with Crippen molar-refractivity contribution in [3.05, 3.63) is 28.4 Å². The third-order valence-electron chi connectivity index (χ3n) is 3.32. The third kappa shape index (κ3) is 2.89. The molecule has 3 N–H and O–H groups in total. The molecule has 2 rings (SSSR count). The van der Waals surface area contributed by atoms with Crippen molar-refractivity contribution >= 4 is 11.6 Å². The molecule has 0 fully saturated rings. The van der Waals surface area contributed by atoms with Crippen molar-refractivity contribution in [3.8, 4) is 0 Å². The Labute approximate surface area is 118 Å². The van der Waals surface area contributed by atoms with E-state index >= 15 is 0 Å². The summed E-state index contributed by atoms with van der Waals surface area (Å²) >= 11 is 0. The molecule has 0 aliphatic heterocycles. The summed E-state index contributed by atoms with van der Waals surface area (Å²) in [6.07, 6.45) is 1.82. The third-order valence-corrected chi connectivity index (χ3v) is 3.32. The highest BCUT2D eigenvalue weighted by molar-refractivity contribution is 5.55. The number of nitrogens with zero attached hydrogens (tertiary/aromatic N) is 3. The number of hydrogen-bond donors (Lipinski definition) is 2. The Balaban J connectivity index is 2.20. The summed E-state index contributed by atoms with van der Waals surface area (Å²) in [5, 5.41) is 7.25. The van der Waals surface area contributed by atoms with Gasteiger partial charge in [0, 0.05) is 24.1 Å². The minimum atomic E-state index is 0.532. The van der Waals surface area contributed by atoms with Gasteiger partial charge < -0.3 is 15.6 Å². The fraction of sp³-hybridized carbons (Fsp3) is 0.500. The lowest BCUT2D eigenvalue weighted by atomic mass is 10.2. The van der Waals surface area contributed by atoms with E-state index in [1.54, 1.807) is 0 Å². The lowest BCUT2D eigenvalue weighted by molar-refractivity contribution is 0.392. The summed E-state index contributed by atoms with van der Waals surface area (Å²) < 4.78 is 5.15. The van der Waals surface area contributed by atoms with Crippen LogP contribution in [0.25, 0.3) is 0 Å². The summed E-state index contributed by atoms with van der Waals surface area (Å²) in [5.74, 6) is 2.91. The van der Waals surface area contributed by atoms with Crippen LogP contribution in [0.1, 0.15) is 41.8 Å². The van der Waals surface area contributed by atoms with Gasteiger partial charge in [-0.3, -0.25) is 0 Å². The van der Waals surface area contributed by atoms with Crippen LogP contribution in [0.15, 0.2) is 4.52 Å². The molecular weight excluding hydrogens is 254 g/mol. The van der Waals surface area contributed by atoms with Gasteiger partial charge in [-0.1, -0.05) is 12.1 Å². The lowest BCUT2D eigenvalue weighted by Gasteiger charge is -2.11. The van der Waals surface area contributed by atoms with Gasteiger partial charge >= 0.3 is 0 Å². The molecule has 0 amide bonds. The molecule has 20 heavy (non-hydrogen) atoms. The Bertz CT molecular complexity index is 586. The van der Waals surface area contributed by atoms with Crippen molar-refractivity contribution < 1.29 is 4.52 Å². The molecule has 6 nitrogen and oxygen atoms in total. The molecular formula is C14H21N5O. The standard InChI is InChI=1S/C14H21N5O/c1-5-6-12-17-13(15)8(2)14(18-12)16-7-11-9(3)19-20-10(11)4/h5-7H2,1-4H3,(H3,15,16,17,18). The number of rotatable bonds is 5. The van der Waals surface area contributed by atoms with Crippen molar-refractivity contribution in [3.63, 3.8) is 0 Å². The second-order valence-electron chi connectivity index (χ2n) is 4.90. The van der Waals surface area contributed by atoms with Gasteiger partial charge in [-0.25, -0.2) is 9.97 Å². The van der Waals surface area contributed by atoms with Gasteiger partial charge in [0.2, 0.25) is 0 Å². The second kappa shape index (κ2) is 5.90. The van der Waals surface area contributed by atoms with E-state index < -0.39 is 0 Å². The van der Waals surface area contributed by atoms with Crippen LogP contribution in [0.5, 0.6) is 0 Å². The SMILES string of the molecule is CCCc1nc(N)c(C)c(NCc2c(C)noc2C)n1. The number of anilines is 2. The molecule has 2 heterocycles. The second-order valence-corrected chi connectivity index (χ2v) is 4.90. The molecule has 0 aliphatic rings. The van der Waals surface area contributed by atoms with Crippen LogP contribution in [-0.4, -0.2) is 15.1 Å². The minimum absolute atomic E-state index is 0.532. The Morgan fingerprint density at radius 2 is 1.95 bits per heavy atom. The molecule has 108 valence electrons. The fourth-order valence-corrected chi connectivity index (χ4v) is 2.02. The summed E-state index contributed by atoms with van der Waals surface area (Å²) in [6, 6.07) is 0. The van der Waals surface area contributed by atoms with E-state index in [-0.39, 0.29) is 0 Å². The highest BCUT2D eigenvalue weighted by Gasteiger charge is 2.12. The maximum atomic E-state index is 5.94. The molecule has 0 atom stereocenters. The van der Waals surface area contributed by atoms with Crippen LogP contribution in [0, 0.1) is 20.8 Å². The van der Waals surface area contributed by atoms with Gasteiger partial charge in [-0.05, 0) is 27.2 Å². The van der Waals surface area contributed by atoms with Crippen LogP contribution in [0.4, 0.5) is 11.6 Å². The maximum absolute atomic E-state index is 5.94. The van der Waals surface area contributed by atoms with Gasteiger partial charge in [0.25, 0.3) is 0 Å². The van der Waals surface area contributed by atoms with Crippen molar-refractivity contribution in [1.82, 2.24) is 15.1 Å². The summed E-state index contributed by atoms with van der Waals surface area (Å²) in [7, 11) is 0. The maximum Gasteiger partial charge on any atom is 0.138 e. The number of aromatic nitrogens is 3. The number of nitrogen functional groups attached to an aromatic ring is 1. The molecule has 0 unspecified atom stereocenters. The van der Waals surface area contributed by atoms with Crippen molar-refractivity contribution in [2.45, 2.75) is 47.1 Å². The number of aryl methyl sites for hydroxylation is 3. The summed E-state index contributed by atoms with van der Waals surface area (Å²) in [4.78, 5) is 8.83. The van der Waals surface area contributed by atoms with Crippen molar-refractivity contribution in [1.29, 1.82) is 0 Å². The molecule has 0 aromatic carbocycles. The average Bonchev–Trinajstić information content (AvgIpc) is 2.72. The number of nitrogens with two attached hydrogens (primary N) is 1. The Morgan fingerprint density at radius 3 is 2.55 bits per heavy atom. The van der Waals surface area contributed by atoms with Crippen LogP contribution in [0.2, 0.25) is 0 Å². The van der Waals surface area contributed by atoms with Crippen LogP contribution >= 0.6 is 0 Å². The number of hydrogen-bond acceptors (Lipinski definition) is 6. The zero-order valence-corrected chi connectivity index (χ0v) is 12.4. The topological polar surface area (TPSA) is 89.9 Å². The molecule has 2 aromatic rings. The van der Waals surface area contributed by atoms with Crippen LogP contribution in [-0.2, 0) is 13.0 Å². The van der Waals surface area contributed by atoms with E-state index in [1.807, 2.05) is 20.8 Å². The van der Waals surface area contributed by atoms with Gasteiger partial charge in [-0.2, -0.15) is 0 Å². The van der Waals surface area contributed by atoms with Gasteiger partial charge in [0.1, 0.15) is 23.2 Å². The zero-order chi connectivity index (χ0) is 14.7. The molecule has 6 heteroatoms. The van der Waals surface area contributed by atoms with Crippen LogP contribution < -0.4 is 11.1 Å². The highest BCUT2D eigenvalue weighted by Crippen LogP contribution is 2.20. The first kappa shape index (κ1) is 14.3. The molecule has 0 saturated heterocycles. The van der Waals surface area contributed by atoms with E-state index in [0.717, 1.165) is 47.1 Å². The van der Waals surface area contributed by atoms with Crippen molar-refractivity contribution in [2.75, 3.05) is 11.1 Å². The predicted octanol–water partition coefficient (Wildman–Crippen LogP) is 2.54. The summed E-state index contributed by atoms with van der Waals surface area (Å²) in [5.41, 5.74) is 8.76. The molecule has 2 aromatic heterocycles. The van der Waals surface area contributed by atoms with Crippen LogP contribution in [0.3, 0.4) is 0 Å². The zero-order valence-electron chi connectivity index (χ0n) is 12.4. The largest absolute Gasteiger partial charge is 0.383 e. The fourth-order valence-electron chi connectivity index (χ4n) is 2.02. The smallest absolute Gasteiger partial charge is 0.138 e. The number of nitrogens with one attached hydrogen (secondary N) is 1. The first-order valence-corrected chi connectivity index (χ1v) is 6.81.